The minimum Gasteiger partial charge on any atom is -0.395 e. The quantitative estimate of drug-likeness (QED) is 0.818. The van der Waals surface area contributed by atoms with Crippen LogP contribution in [0.15, 0.2) is 18.2 Å². The summed E-state index contributed by atoms with van der Waals surface area (Å²) >= 11 is 0. The van der Waals surface area contributed by atoms with E-state index in [9.17, 15) is 4.79 Å². The Bertz CT molecular complexity index is 525. The van der Waals surface area contributed by atoms with Crippen LogP contribution >= 0.6 is 0 Å². The van der Waals surface area contributed by atoms with Crippen LogP contribution in [0, 0.1) is 17.8 Å². The van der Waals surface area contributed by atoms with Crippen LogP contribution in [-0.2, 0) is 4.79 Å². The number of amides is 1. The van der Waals surface area contributed by atoms with Crippen molar-refractivity contribution in [3.05, 3.63) is 23.9 Å². The van der Waals surface area contributed by atoms with E-state index in [1.54, 1.807) is 12.1 Å². The van der Waals surface area contributed by atoms with Gasteiger partial charge in [0.15, 0.2) is 0 Å². The lowest BCUT2D eigenvalue weighted by Gasteiger charge is -2.08. The molecule has 4 heteroatoms. The van der Waals surface area contributed by atoms with Gasteiger partial charge in [0.1, 0.15) is 11.5 Å². The van der Waals surface area contributed by atoms with Crippen molar-refractivity contribution in [2.75, 3.05) is 11.9 Å². The first-order valence-electron chi connectivity index (χ1n) is 7.64. The maximum Gasteiger partial charge on any atom is 0.225 e. The molecular weight excluding hydrogens is 264 g/mol. The van der Waals surface area contributed by atoms with E-state index in [0.717, 1.165) is 12.3 Å². The fraction of sp³-hybridized carbons (Fsp3) is 0.529. The molecule has 4 nitrogen and oxygen atoms in total. The van der Waals surface area contributed by atoms with Gasteiger partial charge in [-0.2, -0.15) is 0 Å². The minimum absolute atomic E-state index is 0.0230. The Morgan fingerprint density at radius 3 is 2.95 bits per heavy atom. The molecule has 0 spiro atoms. The second-order valence-corrected chi connectivity index (χ2v) is 5.42. The number of rotatable bonds is 5. The summed E-state index contributed by atoms with van der Waals surface area (Å²) in [7, 11) is 0. The first kappa shape index (κ1) is 15.5. The average Bonchev–Trinajstić information content (AvgIpc) is 2.99. The molecule has 0 atom stereocenters. The molecule has 2 rings (SSSR count). The smallest absolute Gasteiger partial charge is 0.225 e. The first-order valence-corrected chi connectivity index (χ1v) is 7.64. The summed E-state index contributed by atoms with van der Waals surface area (Å²) < 4.78 is 0. The van der Waals surface area contributed by atoms with Crippen molar-refractivity contribution >= 4 is 11.7 Å². The molecule has 1 aliphatic rings. The number of aromatic nitrogens is 1. The number of hydrogen-bond acceptors (Lipinski definition) is 3. The number of carbonyl (C=O) groups is 1. The monoisotopic (exact) mass is 286 g/mol. The van der Waals surface area contributed by atoms with Crippen molar-refractivity contribution in [1.29, 1.82) is 0 Å². The number of aliphatic hydroxyl groups excluding tert-OH is 1. The largest absolute Gasteiger partial charge is 0.395 e. The van der Waals surface area contributed by atoms with Gasteiger partial charge in [-0.05, 0) is 30.4 Å². The average molecular weight is 286 g/mol. The Morgan fingerprint density at radius 2 is 2.19 bits per heavy atom. The molecule has 2 N–H and O–H groups in total. The zero-order valence-corrected chi connectivity index (χ0v) is 12.3. The third kappa shape index (κ3) is 5.57. The van der Waals surface area contributed by atoms with E-state index in [-0.39, 0.29) is 12.5 Å². The van der Waals surface area contributed by atoms with E-state index in [0.29, 0.717) is 24.4 Å². The highest BCUT2D eigenvalue weighted by atomic mass is 16.2. The summed E-state index contributed by atoms with van der Waals surface area (Å²) in [4.78, 5) is 16.2. The highest BCUT2D eigenvalue weighted by Gasteiger charge is 2.16. The number of anilines is 1. The van der Waals surface area contributed by atoms with Crippen LogP contribution in [0.1, 0.15) is 50.6 Å². The summed E-state index contributed by atoms with van der Waals surface area (Å²) in [5.41, 5.74) is 0.608. The molecule has 0 radical (unpaired) electrons. The van der Waals surface area contributed by atoms with E-state index in [2.05, 4.69) is 22.1 Å². The van der Waals surface area contributed by atoms with E-state index in [4.69, 9.17) is 5.11 Å². The third-order valence-corrected chi connectivity index (χ3v) is 3.72. The fourth-order valence-corrected chi connectivity index (χ4v) is 2.62. The highest BCUT2D eigenvalue weighted by molar-refractivity contribution is 5.89. The lowest BCUT2D eigenvalue weighted by Crippen LogP contribution is -2.13. The number of nitrogens with zero attached hydrogens (tertiary/aromatic N) is 1. The summed E-state index contributed by atoms with van der Waals surface area (Å²) in [6.07, 6.45) is 7.11. The molecule has 1 heterocycles. The molecule has 1 aliphatic carbocycles. The lowest BCUT2D eigenvalue weighted by atomic mass is 10.0. The number of hydrogen-bond donors (Lipinski definition) is 2. The number of pyridine rings is 1. The fourth-order valence-electron chi connectivity index (χ4n) is 2.62. The highest BCUT2D eigenvalue weighted by Crippen LogP contribution is 2.28. The van der Waals surface area contributed by atoms with Gasteiger partial charge >= 0.3 is 0 Å². The van der Waals surface area contributed by atoms with Crippen LogP contribution in [0.3, 0.4) is 0 Å². The minimum atomic E-state index is 0.0230. The second kappa shape index (κ2) is 8.43. The first-order chi connectivity index (χ1) is 10.3. The Kier molecular flexibility index (Phi) is 6.23. The molecule has 1 aromatic rings. The number of aliphatic hydroxyl groups is 1. The van der Waals surface area contributed by atoms with Gasteiger partial charge in [0, 0.05) is 12.8 Å². The molecule has 0 bridgehead atoms. The van der Waals surface area contributed by atoms with Gasteiger partial charge in [-0.3, -0.25) is 4.79 Å². The zero-order chi connectivity index (χ0) is 14.9. The molecule has 0 aliphatic heterocycles. The molecule has 112 valence electrons. The Balaban J connectivity index is 1.82. The van der Waals surface area contributed by atoms with Gasteiger partial charge in [-0.25, -0.2) is 4.98 Å². The van der Waals surface area contributed by atoms with Crippen LogP contribution in [-0.4, -0.2) is 22.6 Å². The van der Waals surface area contributed by atoms with Gasteiger partial charge < -0.3 is 10.4 Å². The Hall–Kier alpha value is -1.86. The predicted octanol–water partition coefficient (Wildman–Crippen LogP) is 2.72. The van der Waals surface area contributed by atoms with Crippen molar-refractivity contribution in [3.63, 3.8) is 0 Å². The van der Waals surface area contributed by atoms with Gasteiger partial charge in [0.2, 0.25) is 5.91 Å². The van der Waals surface area contributed by atoms with E-state index < -0.39 is 0 Å². The van der Waals surface area contributed by atoms with Crippen molar-refractivity contribution in [1.82, 2.24) is 4.98 Å². The van der Waals surface area contributed by atoms with E-state index in [1.807, 2.05) is 6.07 Å². The van der Waals surface area contributed by atoms with Crippen molar-refractivity contribution in [3.8, 4) is 11.8 Å². The second-order valence-electron chi connectivity index (χ2n) is 5.42. The van der Waals surface area contributed by atoms with Gasteiger partial charge in [-0.1, -0.05) is 37.7 Å². The number of carbonyl (C=O) groups excluding carboxylic acids is 1. The Labute approximate surface area is 126 Å². The third-order valence-electron chi connectivity index (χ3n) is 3.72. The van der Waals surface area contributed by atoms with Gasteiger partial charge in [-0.15, -0.1) is 0 Å². The summed E-state index contributed by atoms with van der Waals surface area (Å²) in [6.45, 7) is 0.0462. The molecule has 1 amide bonds. The van der Waals surface area contributed by atoms with Gasteiger partial charge in [0.25, 0.3) is 0 Å². The predicted molar refractivity (Wildman–Crippen MR) is 82.6 cm³/mol. The molecule has 1 aromatic heterocycles. The number of nitrogens with one attached hydrogen (secondary N) is 1. The topological polar surface area (TPSA) is 62.2 Å². The molecule has 0 saturated heterocycles. The normalized spacial score (nSPS) is 14.5. The van der Waals surface area contributed by atoms with Crippen molar-refractivity contribution in [2.24, 2.45) is 5.92 Å². The lowest BCUT2D eigenvalue weighted by molar-refractivity contribution is -0.116. The maximum absolute atomic E-state index is 11.9. The van der Waals surface area contributed by atoms with E-state index in [1.165, 1.54) is 25.7 Å². The van der Waals surface area contributed by atoms with Crippen LogP contribution in [0.2, 0.25) is 0 Å². The molecule has 1 fully saturated rings. The zero-order valence-electron chi connectivity index (χ0n) is 12.3. The molecular formula is C17H22N2O2. The SMILES string of the molecule is O=C(CCC1CCCC1)Nc1cccc(C#CCCO)n1. The molecule has 0 unspecified atom stereocenters. The standard InChI is InChI=1S/C17H22N2O2/c20-13-4-3-8-15-9-5-10-16(18-15)19-17(21)12-11-14-6-1-2-7-14/h5,9-10,14,20H,1-2,4,6-7,11-13H2,(H,18,19,21). The summed E-state index contributed by atoms with van der Waals surface area (Å²) in [6, 6.07) is 5.38. The summed E-state index contributed by atoms with van der Waals surface area (Å²) in [5, 5.41) is 11.5. The van der Waals surface area contributed by atoms with Crippen LogP contribution < -0.4 is 5.32 Å². The van der Waals surface area contributed by atoms with E-state index >= 15 is 0 Å². The molecule has 1 saturated carbocycles. The molecule has 21 heavy (non-hydrogen) atoms. The Morgan fingerprint density at radius 1 is 1.38 bits per heavy atom. The molecule has 0 aromatic carbocycles. The van der Waals surface area contributed by atoms with Crippen molar-refractivity contribution < 1.29 is 9.90 Å². The van der Waals surface area contributed by atoms with Gasteiger partial charge in [0.05, 0.1) is 6.61 Å². The maximum atomic E-state index is 11.9. The van der Waals surface area contributed by atoms with Crippen LogP contribution in [0.5, 0.6) is 0 Å². The van der Waals surface area contributed by atoms with Crippen molar-refractivity contribution in [2.45, 2.75) is 44.9 Å². The van der Waals surface area contributed by atoms with Crippen LogP contribution in [0.25, 0.3) is 0 Å². The van der Waals surface area contributed by atoms with Crippen LogP contribution in [0.4, 0.5) is 5.82 Å². The summed E-state index contributed by atoms with van der Waals surface area (Å²) in [5.74, 6) is 6.97.